The van der Waals surface area contributed by atoms with E-state index in [1.54, 1.807) is 0 Å². The molecule has 0 spiro atoms. The Labute approximate surface area is 118 Å². The number of nitrogens with zero attached hydrogens (tertiary/aromatic N) is 1. The third-order valence-electron chi connectivity index (χ3n) is 3.95. The zero-order valence-corrected chi connectivity index (χ0v) is 12.8. The molecule has 2 rings (SSSR count). The maximum atomic E-state index is 3.69. The van der Waals surface area contributed by atoms with Gasteiger partial charge in [0.1, 0.15) is 0 Å². The Hall–Kier alpha value is -0.860. The van der Waals surface area contributed by atoms with Crippen LogP contribution in [0.4, 0.5) is 0 Å². The molecule has 0 saturated carbocycles. The first kappa shape index (κ1) is 14.5. The minimum absolute atomic E-state index is 0.594. The SMILES string of the molecule is CC(C)CN(CC1Cc2ccccc2CN1)C(C)C. The van der Waals surface area contributed by atoms with E-state index in [0.717, 1.165) is 25.4 Å². The first-order valence-electron chi connectivity index (χ1n) is 7.60. The van der Waals surface area contributed by atoms with Crippen LogP contribution in [0.3, 0.4) is 0 Å². The van der Waals surface area contributed by atoms with Crippen molar-refractivity contribution in [1.82, 2.24) is 10.2 Å². The van der Waals surface area contributed by atoms with Crippen LogP contribution in [0.15, 0.2) is 24.3 Å². The summed E-state index contributed by atoms with van der Waals surface area (Å²) < 4.78 is 0. The number of benzene rings is 1. The highest BCUT2D eigenvalue weighted by molar-refractivity contribution is 5.29. The van der Waals surface area contributed by atoms with Crippen molar-refractivity contribution in [2.45, 2.75) is 52.7 Å². The van der Waals surface area contributed by atoms with Crippen LogP contribution in [-0.4, -0.2) is 30.1 Å². The normalized spacial score (nSPS) is 19.2. The van der Waals surface area contributed by atoms with E-state index < -0.39 is 0 Å². The third-order valence-corrected chi connectivity index (χ3v) is 3.95. The van der Waals surface area contributed by atoms with Crippen molar-refractivity contribution in [2.24, 2.45) is 5.92 Å². The van der Waals surface area contributed by atoms with Gasteiger partial charge in [0.25, 0.3) is 0 Å². The molecule has 0 aliphatic carbocycles. The Balaban J connectivity index is 1.96. The van der Waals surface area contributed by atoms with Crippen molar-refractivity contribution in [2.75, 3.05) is 13.1 Å². The van der Waals surface area contributed by atoms with E-state index in [-0.39, 0.29) is 0 Å². The first-order chi connectivity index (χ1) is 9.06. The van der Waals surface area contributed by atoms with Crippen molar-refractivity contribution < 1.29 is 0 Å². The van der Waals surface area contributed by atoms with Gasteiger partial charge < -0.3 is 5.32 Å². The Morgan fingerprint density at radius 3 is 2.47 bits per heavy atom. The van der Waals surface area contributed by atoms with Gasteiger partial charge in [-0.15, -0.1) is 0 Å². The lowest BCUT2D eigenvalue weighted by atomic mass is 9.95. The van der Waals surface area contributed by atoms with Gasteiger partial charge in [-0.2, -0.15) is 0 Å². The van der Waals surface area contributed by atoms with Gasteiger partial charge in [-0.25, -0.2) is 0 Å². The van der Waals surface area contributed by atoms with E-state index in [4.69, 9.17) is 0 Å². The number of hydrogen-bond donors (Lipinski definition) is 1. The molecule has 0 radical (unpaired) electrons. The van der Waals surface area contributed by atoms with Crippen LogP contribution in [0.2, 0.25) is 0 Å². The zero-order chi connectivity index (χ0) is 13.8. The van der Waals surface area contributed by atoms with Crippen molar-refractivity contribution in [1.29, 1.82) is 0 Å². The molecule has 1 aliphatic rings. The van der Waals surface area contributed by atoms with Gasteiger partial charge in [0.05, 0.1) is 0 Å². The highest BCUT2D eigenvalue weighted by Gasteiger charge is 2.21. The highest BCUT2D eigenvalue weighted by atomic mass is 15.2. The summed E-state index contributed by atoms with van der Waals surface area (Å²) >= 11 is 0. The average molecular weight is 260 g/mol. The van der Waals surface area contributed by atoms with E-state index in [0.29, 0.717) is 12.1 Å². The molecule has 106 valence electrons. The molecule has 0 amide bonds. The van der Waals surface area contributed by atoms with Crippen molar-refractivity contribution in [3.8, 4) is 0 Å². The fraction of sp³-hybridized carbons (Fsp3) is 0.647. The van der Waals surface area contributed by atoms with Gasteiger partial charge in [0.2, 0.25) is 0 Å². The number of fused-ring (bicyclic) bond motifs is 1. The second-order valence-corrected chi connectivity index (χ2v) is 6.49. The lowest BCUT2D eigenvalue weighted by Gasteiger charge is -2.34. The standard InChI is InChI=1S/C17H28N2/c1-13(2)11-19(14(3)4)12-17-9-15-7-5-6-8-16(15)10-18-17/h5-8,13-14,17-18H,9-12H2,1-4H3. The maximum Gasteiger partial charge on any atom is 0.0238 e. The maximum absolute atomic E-state index is 3.69. The highest BCUT2D eigenvalue weighted by Crippen LogP contribution is 2.17. The Bertz CT molecular complexity index is 398. The predicted molar refractivity (Wildman–Crippen MR) is 82.3 cm³/mol. The second kappa shape index (κ2) is 6.53. The quantitative estimate of drug-likeness (QED) is 0.875. The molecule has 1 aromatic rings. The summed E-state index contributed by atoms with van der Waals surface area (Å²) in [6, 6.07) is 10.0. The molecule has 0 bridgehead atoms. The lowest BCUT2D eigenvalue weighted by Crippen LogP contribution is -2.47. The topological polar surface area (TPSA) is 15.3 Å². The largest absolute Gasteiger partial charge is 0.308 e. The zero-order valence-electron chi connectivity index (χ0n) is 12.8. The van der Waals surface area contributed by atoms with E-state index >= 15 is 0 Å². The Morgan fingerprint density at radius 1 is 1.16 bits per heavy atom. The Kier molecular flexibility index (Phi) is 5.00. The molecule has 1 aromatic carbocycles. The van der Waals surface area contributed by atoms with Gasteiger partial charge >= 0.3 is 0 Å². The molecule has 1 heterocycles. The first-order valence-corrected chi connectivity index (χ1v) is 7.60. The number of hydrogen-bond acceptors (Lipinski definition) is 2. The summed E-state index contributed by atoms with van der Waals surface area (Å²) in [5, 5.41) is 3.69. The average Bonchev–Trinajstić information content (AvgIpc) is 2.37. The van der Waals surface area contributed by atoms with Gasteiger partial charge in [-0.1, -0.05) is 38.1 Å². The molecule has 1 atom stereocenters. The van der Waals surface area contributed by atoms with Crippen LogP contribution >= 0.6 is 0 Å². The van der Waals surface area contributed by atoms with Crippen LogP contribution in [0.5, 0.6) is 0 Å². The van der Waals surface area contributed by atoms with Crippen molar-refractivity contribution in [3.05, 3.63) is 35.4 Å². The minimum Gasteiger partial charge on any atom is -0.308 e. The van der Waals surface area contributed by atoms with Crippen LogP contribution < -0.4 is 5.32 Å². The molecule has 1 unspecified atom stereocenters. The van der Waals surface area contributed by atoms with Gasteiger partial charge in [-0.05, 0) is 37.3 Å². The molecule has 0 saturated heterocycles. The molecule has 0 aromatic heterocycles. The number of nitrogens with one attached hydrogen (secondary N) is 1. The van der Waals surface area contributed by atoms with Crippen LogP contribution in [0.25, 0.3) is 0 Å². The molecule has 1 N–H and O–H groups in total. The molecule has 0 fully saturated rings. The van der Waals surface area contributed by atoms with Crippen LogP contribution in [0.1, 0.15) is 38.8 Å². The molecule has 19 heavy (non-hydrogen) atoms. The van der Waals surface area contributed by atoms with Gasteiger partial charge in [0, 0.05) is 31.7 Å². The molecular formula is C17H28N2. The van der Waals surface area contributed by atoms with E-state index in [1.807, 2.05) is 0 Å². The van der Waals surface area contributed by atoms with Crippen molar-refractivity contribution in [3.63, 3.8) is 0 Å². The number of rotatable bonds is 5. The fourth-order valence-electron chi connectivity index (χ4n) is 2.90. The summed E-state index contributed by atoms with van der Waals surface area (Å²) in [5.74, 6) is 0.735. The van der Waals surface area contributed by atoms with Crippen LogP contribution in [-0.2, 0) is 13.0 Å². The summed E-state index contributed by atoms with van der Waals surface area (Å²) in [7, 11) is 0. The molecule has 2 nitrogen and oxygen atoms in total. The second-order valence-electron chi connectivity index (χ2n) is 6.49. The minimum atomic E-state index is 0.594. The van der Waals surface area contributed by atoms with Gasteiger partial charge in [-0.3, -0.25) is 4.90 Å². The lowest BCUT2D eigenvalue weighted by molar-refractivity contribution is 0.173. The summed E-state index contributed by atoms with van der Waals surface area (Å²) in [6.07, 6.45) is 1.16. The fourth-order valence-corrected chi connectivity index (χ4v) is 2.90. The summed E-state index contributed by atoms with van der Waals surface area (Å²) in [4.78, 5) is 2.61. The van der Waals surface area contributed by atoms with E-state index in [2.05, 4.69) is 62.2 Å². The summed E-state index contributed by atoms with van der Waals surface area (Å²) in [6.45, 7) is 12.6. The van der Waals surface area contributed by atoms with Crippen molar-refractivity contribution >= 4 is 0 Å². The molecule has 2 heteroatoms. The van der Waals surface area contributed by atoms with E-state index in [1.165, 1.54) is 17.7 Å². The smallest absolute Gasteiger partial charge is 0.0238 e. The predicted octanol–water partition coefficient (Wildman–Crippen LogP) is 3.07. The molecular weight excluding hydrogens is 232 g/mol. The Morgan fingerprint density at radius 2 is 1.84 bits per heavy atom. The monoisotopic (exact) mass is 260 g/mol. The van der Waals surface area contributed by atoms with E-state index in [9.17, 15) is 0 Å². The molecule has 1 aliphatic heterocycles. The third kappa shape index (κ3) is 4.05. The summed E-state index contributed by atoms with van der Waals surface area (Å²) in [5.41, 5.74) is 3.00. The van der Waals surface area contributed by atoms with Crippen LogP contribution in [0, 0.1) is 5.92 Å². The van der Waals surface area contributed by atoms with Gasteiger partial charge in [0.15, 0.2) is 0 Å².